The maximum absolute atomic E-state index is 12.5. The van der Waals surface area contributed by atoms with Crippen molar-refractivity contribution in [2.45, 2.75) is 33.1 Å². The molecule has 5 nitrogen and oxygen atoms in total. The minimum atomic E-state index is 0.0132. The summed E-state index contributed by atoms with van der Waals surface area (Å²) in [5.41, 5.74) is 7.61. The SMILES string of the molecule is CCCCCN(C)C(=O)c1sc2c(c(C)nn2C)c1N. The quantitative estimate of drug-likeness (QED) is 0.862. The van der Waals surface area contributed by atoms with Crippen LogP contribution in [0.5, 0.6) is 0 Å². The summed E-state index contributed by atoms with van der Waals surface area (Å²) in [5.74, 6) is 0.0132. The molecular weight excluding hydrogens is 272 g/mol. The van der Waals surface area contributed by atoms with Crippen LogP contribution in [0.1, 0.15) is 41.6 Å². The maximum atomic E-state index is 12.5. The van der Waals surface area contributed by atoms with Crippen molar-refractivity contribution in [3.05, 3.63) is 10.6 Å². The van der Waals surface area contributed by atoms with Gasteiger partial charge in [-0.3, -0.25) is 9.48 Å². The van der Waals surface area contributed by atoms with Crippen molar-refractivity contribution in [1.82, 2.24) is 14.7 Å². The molecule has 2 N–H and O–H groups in total. The number of anilines is 1. The predicted octanol–water partition coefficient (Wildman–Crippen LogP) is 2.79. The van der Waals surface area contributed by atoms with E-state index < -0.39 is 0 Å². The van der Waals surface area contributed by atoms with Gasteiger partial charge in [-0.15, -0.1) is 11.3 Å². The number of unbranched alkanes of at least 4 members (excludes halogenated alkanes) is 2. The summed E-state index contributed by atoms with van der Waals surface area (Å²) in [6, 6.07) is 0. The zero-order chi connectivity index (χ0) is 14.9. The topological polar surface area (TPSA) is 64.2 Å². The summed E-state index contributed by atoms with van der Waals surface area (Å²) in [6.45, 7) is 4.85. The summed E-state index contributed by atoms with van der Waals surface area (Å²) >= 11 is 1.43. The fraction of sp³-hybridized carbons (Fsp3) is 0.571. The van der Waals surface area contributed by atoms with Gasteiger partial charge < -0.3 is 10.6 Å². The Labute approximate surface area is 123 Å². The van der Waals surface area contributed by atoms with Gasteiger partial charge in [-0.25, -0.2) is 0 Å². The van der Waals surface area contributed by atoms with Gasteiger partial charge in [-0.05, 0) is 13.3 Å². The first-order valence-corrected chi connectivity index (χ1v) is 7.76. The van der Waals surface area contributed by atoms with Crippen molar-refractivity contribution in [3.63, 3.8) is 0 Å². The van der Waals surface area contributed by atoms with Crippen molar-refractivity contribution in [3.8, 4) is 0 Å². The fourth-order valence-corrected chi connectivity index (χ4v) is 3.54. The van der Waals surface area contributed by atoms with Crippen LogP contribution in [-0.2, 0) is 7.05 Å². The van der Waals surface area contributed by atoms with Crippen LogP contribution in [-0.4, -0.2) is 34.2 Å². The molecule has 6 heteroatoms. The van der Waals surface area contributed by atoms with Crippen molar-refractivity contribution >= 4 is 33.1 Å². The Morgan fingerprint density at radius 3 is 2.75 bits per heavy atom. The van der Waals surface area contributed by atoms with Crippen LogP contribution in [0.2, 0.25) is 0 Å². The minimum Gasteiger partial charge on any atom is -0.397 e. The molecule has 2 heterocycles. The average molecular weight is 294 g/mol. The summed E-state index contributed by atoms with van der Waals surface area (Å²) in [5, 5.41) is 5.26. The third-order valence-electron chi connectivity index (χ3n) is 3.52. The van der Waals surface area contributed by atoms with Crippen molar-refractivity contribution in [2.24, 2.45) is 7.05 Å². The van der Waals surface area contributed by atoms with Gasteiger partial charge in [0.1, 0.15) is 9.71 Å². The Morgan fingerprint density at radius 1 is 1.45 bits per heavy atom. The third kappa shape index (κ3) is 2.52. The molecule has 0 aliphatic carbocycles. The number of hydrogen-bond donors (Lipinski definition) is 1. The second kappa shape index (κ2) is 5.83. The van der Waals surface area contributed by atoms with Gasteiger partial charge in [0, 0.05) is 20.6 Å². The molecule has 0 bridgehead atoms. The smallest absolute Gasteiger partial charge is 0.265 e. The summed E-state index contributed by atoms with van der Waals surface area (Å²) in [6.07, 6.45) is 3.32. The van der Waals surface area contributed by atoms with E-state index in [1.54, 1.807) is 9.58 Å². The van der Waals surface area contributed by atoms with Gasteiger partial charge in [-0.2, -0.15) is 5.10 Å². The van der Waals surface area contributed by atoms with Crippen molar-refractivity contribution in [1.29, 1.82) is 0 Å². The van der Waals surface area contributed by atoms with Gasteiger partial charge in [0.15, 0.2) is 0 Å². The highest BCUT2D eigenvalue weighted by Crippen LogP contribution is 2.36. The number of nitrogen functional groups attached to an aromatic ring is 1. The number of nitrogens with two attached hydrogens (primary N) is 1. The first-order chi connectivity index (χ1) is 9.47. The molecule has 0 saturated carbocycles. The van der Waals surface area contributed by atoms with Crippen LogP contribution >= 0.6 is 11.3 Å². The Hall–Kier alpha value is -1.56. The number of hydrogen-bond acceptors (Lipinski definition) is 4. The molecule has 0 unspecified atom stereocenters. The Morgan fingerprint density at radius 2 is 2.15 bits per heavy atom. The molecule has 0 aliphatic heterocycles. The third-order valence-corrected chi connectivity index (χ3v) is 4.78. The van der Waals surface area contributed by atoms with Crippen LogP contribution in [0.3, 0.4) is 0 Å². The van der Waals surface area contributed by atoms with Crippen LogP contribution in [0, 0.1) is 6.92 Å². The van der Waals surface area contributed by atoms with E-state index in [1.807, 2.05) is 21.0 Å². The number of amides is 1. The Balaban J connectivity index is 2.26. The largest absolute Gasteiger partial charge is 0.397 e. The van der Waals surface area contributed by atoms with Crippen molar-refractivity contribution in [2.75, 3.05) is 19.3 Å². The van der Waals surface area contributed by atoms with Gasteiger partial charge in [0.25, 0.3) is 5.91 Å². The molecule has 0 aromatic carbocycles. The molecule has 0 aliphatic rings. The number of aromatic nitrogens is 2. The number of carbonyl (C=O) groups excluding carboxylic acids is 1. The van der Waals surface area contributed by atoms with E-state index in [2.05, 4.69) is 12.0 Å². The molecule has 2 aromatic rings. The monoisotopic (exact) mass is 294 g/mol. The lowest BCUT2D eigenvalue weighted by atomic mass is 10.2. The second-order valence-electron chi connectivity index (χ2n) is 5.17. The lowest BCUT2D eigenvalue weighted by molar-refractivity contribution is 0.0798. The van der Waals surface area contributed by atoms with Crippen LogP contribution in [0.4, 0.5) is 5.69 Å². The lowest BCUT2D eigenvalue weighted by Gasteiger charge is -2.16. The molecule has 2 aromatic heterocycles. The van der Waals surface area contributed by atoms with Crippen LogP contribution in [0.25, 0.3) is 10.2 Å². The second-order valence-corrected chi connectivity index (χ2v) is 6.17. The zero-order valence-electron chi connectivity index (χ0n) is 12.6. The van der Waals surface area contributed by atoms with Gasteiger partial charge in [0.05, 0.1) is 16.8 Å². The van der Waals surface area contributed by atoms with Gasteiger partial charge in [0.2, 0.25) is 0 Å². The van der Waals surface area contributed by atoms with E-state index >= 15 is 0 Å². The average Bonchev–Trinajstić information content (AvgIpc) is 2.88. The summed E-state index contributed by atoms with van der Waals surface area (Å²) in [4.78, 5) is 15.8. The number of nitrogens with zero attached hydrogens (tertiary/aromatic N) is 3. The molecule has 0 radical (unpaired) electrons. The first-order valence-electron chi connectivity index (χ1n) is 6.94. The summed E-state index contributed by atoms with van der Waals surface area (Å²) < 4.78 is 1.79. The Kier molecular flexibility index (Phi) is 4.32. The first kappa shape index (κ1) is 14.8. The number of carbonyl (C=O) groups is 1. The highest BCUT2D eigenvalue weighted by Gasteiger charge is 2.22. The molecule has 0 atom stereocenters. The molecule has 0 saturated heterocycles. The molecule has 0 spiro atoms. The minimum absolute atomic E-state index is 0.0132. The van der Waals surface area contributed by atoms with E-state index in [-0.39, 0.29) is 5.91 Å². The summed E-state index contributed by atoms with van der Waals surface area (Å²) in [7, 11) is 3.72. The highest BCUT2D eigenvalue weighted by molar-refractivity contribution is 7.21. The van der Waals surface area contributed by atoms with E-state index in [9.17, 15) is 4.79 Å². The van der Waals surface area contributed by atoms with E-state index in [1.165, 1.54) is 11.3 Å². The van der Waals surface area contributed by atoms with Crippen LogP contribution < -0.4 is 5.73 Å². The maximum Gasteiger partial charge on any atom is 0.265 e. The molecule has 20 heavy (non-hydrogen) atoms. The number of fused-ring (bicyclic) bond motifs is 1. The van der Waals surface area contributed by atoms with E-state index in [4.69, 9.17) is 5.73 Å². The molecule has 110 valence electrons. The predicted molar refractivity (Wildman–Crippen MR) is 84.2 cm³/mol. The Bertz CT molecular complexity index is 629. The van der Waals surface area contributed by atoms with E-state index in [0.29, 0.717) is 10.6 Å². The molecule has 0 fully saturated rings. The standard InChI is InChI=1S/C14H22N4OS/c1-5-6-7-8-17(3)13(19)12-11(15)10-9(2)16-18(4)14(10)20-12/h5-8,15H2,1-4H3. The molecular formula is C14H22N4OS. The van der Waals surface area contributed by atoms with E-state index in [0.717, 1.165) is 41.7 Å². The lowest BCUT2D eigenvalue weighted by Crippen LogP contribution is -2.27. The number of aryl methyl sites for hydroxylation is 2. The van der Waals surface area contributed by atoms with Gasteiger partial charge >= 0.3 is 0 Å². The molecule has 2 rings (SSSR count). The fourth-order valence-electron chi connectivity index (χ4n) is 2.36. The normalized spacial score (nSPS) is 11.2. The van der Waals surface area contributed by atoms with Crippen LogP contribution in [0.15, 0.2) is 0 Å². The number of thiophene rings is 1. The molecule has 1 amide bonds. The van der Waals surface area contributed by atoms with Gasteiger partial charge in [-0.1, -0.05) is 19.8 Å². The van der Waals surface area contributed by atoms with Crippen molar-refractivity contribution < 1.29 is 4.79 Å². The zero-order valence-corrected chi connectivity index (χ0v) is 13.4. The number of rotatable bonds is 5. The highest BCUT2D eigenvalue weighted by atomic mass is 32.1.